The van der Waals surface area contributed by atoms with Crippen LogP contribution in [0.5, 0.6) is 0 Å². The van der Waals surface area contributed by atoms with E-state index in [4.69, 9.17) is 4.74 Å². The van der Waals surface area contributed by atoms with Gasteiger partial charge in [-0.05, 0) is 24.5 Å². The number of fused-ring (bicyclic) bond motifs is 1. The maximum Gasteiger partial charge on any atom is 0.0954 e. The Morgan fingerprint density at radius 3 is 3.17 bits per heavy atom. The van der Waals surface area contributed by atoms with Crippen molar-refractivity contribution in [2.75, 3.05) is 32.8 Å². The summed E-state index contributed by atoms with van der Waals surface area (Å²) in [5, 5.41) is 3.49. The van der Waals surface area contributed by atoms with Crippen molar-refractivity contribution in [3.05, 3.63) is 35.4 Å². The van der Waals surface area contributed by atoms with E-state index in [0.717, 1.165) is 39.2 Å². The van der Waals surface area contributed by atoms with E-state index in [9.17, 15) is 0 Å². The molecule has 2 atom stereocenters. The van der Waals surface area contributed by atoms with Gasteiger partial charge in [-0.2, -0.15) is 0 Å². The van der Waals surface area contributed by atoms with Crippen molar-refractivity contribution in [2.45, 2.75) is 25.5 Å². The largest absolute Gasteiger partial charge is 0.372 e. The first-order valence-electron chi connectivity index (χ1n) is 6.98. The number of benzene rings is 1. The van der Waals surface area contributed by atoms with Crippen LogP contribution in [0.3, 0.4) is 0 Å². The predicted octanol–water partition coefficient (Wildman–Crippen LogP) is 1.59. The summed E-state index contributed by atoms with van der Waals surface area (Å²) in [5.41, 5.74) is 2.87. The lowest BCUT2D eigenvalue weighted by Crippen LogP contribution is -2.50. The molecular weight excluding hydrogens is 224 g/mol. The predicted molar refractivity (Wildman–Crippen MR) is 72.7 cm³/mol. The molecule has 0 aliphatic carbocycles. The molecule has 2 aliphatic heterocycles. The number of nitrogens with one attached hydrogen (secondary N) is 1. The maximum atomic E-state index is 5.98. The third-order valence-corrected chi connectivity index (χ3v) is 3.97. The van der Waals surface area contributed by atoms with Gasteiger partial charge in [0.2, 0.25) is 0 Å². The van der Waals surface area contributed by atoms with Gasteiger partial charge in [-0.15, -0.1) is 0 Å². The third kappa shape index (κ3) is 2.58. The topological polar surface area (TPSA) is 24.5 Å². The van der Waals surface area contributed by atoms with Crippen molar-refractivity contribution in [1.29, 1.82) is 0 Å². The highest BCUT2D eigenvalue weighted by Crippen LogP contribution is 2.27. The highest BCUT2D eigenvalue weighted by molar-refractivity contribution is 5.31. The average Bonchev–Trinajstić information content (AvgIpc) is 2.39. The van der Waals surface area contributed by atoms with E-state index in [1.165, 1.54) is 11.1 Å². The first kappa shape index (κ1) is 12.2. The van der Waals surface area contributed by atoms with Crippen LogP contribution in [-0.2, 0) is 11.2 Å². The van der Waals surface area contributed by atoms with E-state index in [-0.39, 0.29) is 6.10 Å². The van der Waals surface area contributed by atoms with Gasteiger partial charge in [0.15, 0.2) is 0 Å². The van der Waals surface area contributed by atoms with Crippen LogP contribution in [0.2, 0.25) is 0 Å². The standard InChI is InChI=1S/C15H22N2O/c1-12-10-17(8-7-16-12)11-15-14-5-3-2-4-13(14)6-9-18-15/h2-5,12,15-16H,6-11H2,1H3/t12-,15?/m1/s1. The molecule has 0 radical (unpaired) electrons. The van der Waals surface area contributed by atoms with E-state index in [1.54, 1.807) is 0 Å². The molecule has 3 heteroatoms. The molecule has 2 aliphatic rings. The molecule has 3 nitrogen and oxygen atoms in total. The summed E-state index contributed by atoms with van der Waals surface area (Å²) in [6.45, 7) is 7.50. The molecule has 18 heavy (non-hydrogen) atoms. The first-order chi connectivity index (χ1) is 8.83. The van der Waals surface area contributed by atoms with Gasteiger partial charge >= 0.3 is 0 Å². The van der Waals surface area contributed by atoms with Gasteiger partial charge in [-0.1, -0.05) is 24.3 Å². The van der Waals surface area contributed by atoms with Gasteiger partial charge in [-0.3, -0.25) is 4.90 Å². The van der Waals surface area contributed by atoms with Crippen molar-refractivity contribution < 1.29 is 4.74 Å². The zero-order valence-corrected chi connectivity index (χ0v) is 11.1. The minimum absolute atomic E-state index is 0.264. The molecule has 0 amide bonds. The molecule has 98 valence electrons. The number of ether oxygens (including phenoxy) is 1. The second-order valence-corrected chi connectivity index (χ2v) is 5.42. The van der Waals surface area contributed by atoms with E-state index < -0.39 is 0 Å². The minimum Gasteiger partial charge on any atom is -0.372 e. The summed E-state index contributed by atoms with van der Waals surface area (Å²) in [6.07, 6.45) is 1.32. The van der Waals surface area contributed by atoms with Crippen molar-refractivity contribution in [3.63, 3.8) is 0 Å². The summed E-state index contributed by atoms with van der Waals surface area (Å²) >= 11 is 0. The SMILES string of the molecule is C[C@@H]1CN(CC2OCCc3ccccc32)CCN1. The molecule has 0 bridgehead atoms. The van der Waals surface area contributed by atoms with Crippen LogP contribution in [0.25, 0.3) is 0 Å². The van der Waals surface area contributed by atoms with Crippen LogP contribution < -0.4 is 5.32 Å². The highest BCUT2D eigenvalue weighted by atomic mass is 16.5. The average molecular weight is 246 g/mol. The van der Waals surface area contributed by atoms with E-state index in [2.05, 4.69) is 41.4 Å². The van der Waals surface area contributed by atoms with Crippen LogP contribution in [0.15, 0.2) is 24.3 Å². The quantitative estimate of drug-likeness (QED) is 0.858. The van der Waals surface area contributed by atoms with E-state index in [0.29, 0.717) is 6.04 Å². The van der Waals surface area contributed by atoms with Gasteiger partial charge in [0.05, 0.1) is 12.7 Å². The van der Waals surface area contributed by atoms with Crippen molar-refractivity contribution in [2.24, 2.45) is 0 Å². The van der Waals surface area contributed by atoms with Crippen LogP contribution >= 0.6 is 0 Å². The molecule has 1 saturated heterocycles. The smallest absolute Gasteiger partial charge is 0.0954 e. The second kappa shape index (κ2) is 5.39. The van der Waals surface area contributed by atoms with Gasteiger partial charge in [0.1, 0.15) is 0 Å². The van der Waals surface area contributed by atoms with Gasteiger partial charge < -0.3 is 10.1 Å². The molecule has 3 rings (SSSR count). The summed E-state index contributed by atoms with van der Waals surface area (Å²) < 4.78 is 5.98. The normalized spacial score (nSPS) is 28.9. The summed E-state index contributed by atoms with van der Waals surface area (Å²) in [6, 6.07) is 9.32. The Hall–Kier alpha value is -0.900. The maximum absolute atomic E-state index is 5.98. The van der Waals surface area contributed by atoms with Crippen LogP contribution in [0.1, 0.15) is 24.2 Å². The fourth-order valence-corrected chi connectivity index (χ4v) is 3.04. The number of nitrogens with zero attached hydrogens (tertiary/aromatic N) is 1. The Morgan fingerprint density at radius 1 is 1.39 bits per heavy atom. The Kier molecular flexibility index (Phi) is 3.64. The van der Waals surface area contributed by atoms with Crippen molar-refractivity contribution in [3.8, 4) is 0 Å². The minimum atomic E-state index is 0.264. The number of hydrogen-bond acceptors (Lipinski definition) is 3. The van der Waals surface area contributed by atoms with Crippen LogP contribution in [0.4, 0.5) is 0 Å². The molecule has 1 aromatic rings. The van der Waals surface area contributed by atoms with E-state index >= 15 is 0 Å². The lowest BCUT2D eigenvalue weighted by Gasteiger charge is -2.36. The number of piperazine rings is 1. The zero-order chi connectivity index (χ0) is 12.4. The molecular formula is C15H22N2O. The summed E-state index contributed by atoms with van der Waals surface area (Å²) in [4.78, 5) is 2.52. The number of hydrogen-bond donors (Lipinski definition) is 1. The molecule has 2 heterocycles. The second-order valence-electron chi connectivity index (χ2n) is 5.42. The molecule has 0 aromatic heterocycles. The fourth-order valence-electron chi connectivity index (χ4n) is 3.04. The third-order valence-electron chi connectivity index (χ3n) is 3.97. The van der Waals surface area contributed by atoms with Gasteiger partial charge in [0.25, 0.3) is 0 Å². The Balaban J connectivity index is 1.70. The highest BCUT2D eigenvalue weighted by Gasteiger charge is 2.24. The van der Waals surface area contributed by atoms with Gasteiger partial charge in [-0.25, -0.2) is 0 Å². The monoisotopic (exact) mass is 246 g/mol. The fraction of sp³-hybridized carbons (Fsp3) is 0.600. The molecule has 0 saturated carbocycles. The lowest BCUT2D eigenvalue weighted by atomic mass is 9.97. The van der Waals surface area contributed by atoms with Crippen LogP contribution in [-0.4, -0.2) is 43.7 Å². The Morgan fingerprint density at radius 2 is 2.28 bits per heavy atom. The Labute approximate surface area is 109 Å². The molecule has 1 unspecified atom stereocenters. The molecule has 1 fully saturated rings. The van der Waals surface area contributed by atoms with Crippen molar-refractivity contribution >= 4 is 0 Å². The molecule has 1 N–H and O–H groups in total. The Bertz CT molecular complexity index is 407. The van der Waals surface area contributed by atoms with E-state index in [1.807, 2.05) is 0 Å². The summed E-state index contributed by atoms with van der Waals surface area (Å²) in [7, 11) is 0. The molecule has 1 aromatic carbocycles. The zero-order valence-electron chi connectivity index (χ0n) is 11.1. The van der Waals surface area contributed by atoms with Crippen LogP contribution in [0, 0.1) is 0 Å². The number of rotatable bonds is 2. The van der Waals surface area contributed by atoms with Gasteiger partial charge in [0, 0.05) is 32.2 Å². The van der Waals surface area contributed by atoms with Crippen molar-refractivity contribution in [1.82, 2.24) is 10.2 Å². The lowest BCUT2D eigenvalue weighted by molar-refractivity contribution is 0.0107. The molecule has 0 spiro atoms. The summed E-state index contributed by atoms with van der Waals surface area (Å²) in [5.74, 6) is 0. The first-order valence-corrected chi connectivity index (χ1v) is 6.98.